The van der Waals surface area contributed by atoms with E-state index in [1.807, 2.05) is 0 Å². The number of benzene rings is 1. The molecule has 1 aromatic carbocycles. The van der Waals surface area contributed by atoms with Gasteiger partial charge in [0.05, 0.1) is 0 Å². The molecule has 15 heavy (non-hydrogen) atoms. The van der Waals surface area contributed by atoms with Gasteiger partial charge in [0.1, 0.15) is 0 Å². The van der Waals surface area contributed by atoms with Gasteiger partial charge in [-0.1, -0.05) is 13.0 Å². The van der Waals surface area contributed by atoms with E-state index >= 15 is 0 Å². The summed E-state index contributed by atoms with van der Waals surface area (Å²) in [6.45, 7) is 2.16. The summed E-state index contributed by atoms with van der Waals surface area (Å²) in [4.78, 5) is 0. The van der Waals surface area contributed by atoms with Gasteiger partial charge in [0, 0.05) is 5.38 Å². The molecule has 0 bridgehead atoms. The Bertz CT molecular complexity index is 365. The van der Waals surface area contributed by atoms with E-state index in [4.69, 9.17) is 11.6 Å². The van der Waals surface area contributed by atoms with Gasteiger partial charge in [-0.2, -0.15) is 0 Å². The van der Waals surface area contributed by atoms with E-state index in [9.17, 15) is 8.78 Å². The summed E-state index contributed by atoms with van der Waals surface area (Å²) in [5.41, 5.74) is 0.771. The maximum absolute atomic E-state index is 12.9. The first-order valence-electron chi connectivity index (χ1n) is 5.16. The third-order valence-electron chi connectivity index (χ3n) is 3.05. The van der Waals surface area contributed by atoms with Gasteiger partial charge in [-0.25, -0.2) is 8.78 Å². The molecule has 1 aliphatic carbocycles. The number of rotatable bonds is 3. The predicted octanol–water partition coefficient (Wildman–Crippen LogP) is 3.77. The Balaban J connectivity index is 2.01. The lowest BCUT2D eigenvalue weighted by Gasteiger charge is -2.08. The van der Waals surface area contributed by atoms with Crippen molar-refractivity contribution in [3.05, 3.63) is 35.4 Å². The molecule has 2 rings (SSSR count). The molecule has 0 saturated heterocycles. The second-order valence-electron chi connectivity index (χ2n) is 4.35. The van der Waals surface area contributed by atoms with Gasteiger partial charge in [-0.3, -0.25) is 0 Å². The molecule has 0 aromatic heterocycles. The summed E-state index contributed by atoms with van der Waals surface area (Å²) >= 11 is 6.18. The van der Waals surface area contributed by atoms with Crippen molar-refractivity contribution in [2.45, 2.75) is 25.1 Å². The minimum Gasteiger partial charge on any atom is -0.204 e. The average molecular weight is 231 g/mol. The normalized spacial score (nSPS) is 26.4. The molecule has 1 fully saturated rings. The molecule has 0 nitrogen and oxygen atoms in total. The van der Waals surface area contributed by atoms with Crippen LogP contribution in [-0.4, -0.2) is 5.38 Å². The largest absolute Gasteiger partial charge is 0.204 e. The molecule has 82 valence electrons. The van der Waals surface area contributed by atoms with Crippen molar-refractivity contribution in [3.63, 3.8) is 0 Å². The fourth-order valence-corrected chi connectivity index (χ4v) is 2.43. The van der Waals surface area contributed by atoms with Crippen LogP contribution in [0.5, 0.6) is 0 Å². The van der Waals surface area contributed by atoms with E-state index in [1.54, 1.807) is 6.07 Å². The van der Waals surface area contributed by atoms with Gasteiger partial charge in [-0.05, 0) is 42.4 Å². The maximum atomic E-state index is 12.9. The topological polar surface area (TPSA) is 0 Å². The summed E-state index contributed by atoms with van der Waals surface area (Å²) in [6.07, 6.45) is 1.77. The molecule has 0 amide bonds. The highest BCUT2D eigenvalue weighted by Crippen LogP contribution is 2.43. The Morgan fingerprint density at radius 3 is 2.60 bits per heavy atom. The zero-order valence-electron chi connectivity index (χ0n) is 8.51. The predicted molar refractivity (Wildman–Crippen MR) is 57.0 cm³/mol. The van der Waals surface area contributed by atoms with Crippen molar-refractivity contribution in [2.75, 3.05) is 0 Å². The van der Waals surface area contributed by atoms with Crippen molar-refractivity contribution >= 4 is 11.6 Å². The first-order chi connectivity index (χ1) is 7.08. The monoisotopic (exact) mass is 230 g/mol. The van der Waals surface area contributed by atoms with E-state index in [0.717, 1.165) is 18.1 Å². The molecule has 3 unspecified atom stereocenters. The van der Waals surface area contributed by atoms with E-state index in [-0.39, 0.29) is 5.38 Å². The van der Waals surface area contributed by atoms with Gasteiger partial charge in [0.15, 0.2) is 11.6 Å². The van der Waals surface area contributed by atoms with Crippen LogP contribution in [0.25, 0.3) is 0 Å². The lowest BCUT2D eigenvalue weighted by Crippen LogP contribution is -2.07. The van der Waals surface area contributed by atoms with Crippen LogP contribution in [0.1, 0.15) is 18.9 Å². The summed E-state index contributed by atoms with van der Waals surface area (Å²) in [5, 5.41) is 0.0462. The van der Waals surface area contributed by atoms with Crippen LogP contribution < -0.4 is 0 Å². The molecule has 0 spiro atoms. The molecule has 0 radical (unpaired) electrons. The van der Waals surface area contributed by atoms with E-state index in [2.05, 4.69) is 6.92 Å². The molecular weight excluding hydrogens is 218 g/mol. The minimum absolute atomic E-state index is 0.0462. The van der Waals surface area contributed by atoms with E-state index in [0.29, 0.717) is 18.3 Å². The standard InChI is InChI=1S/C12H13ClF2/c1-7-4-9(7)10(13)5-8-2-3-11(14)12(15)6-8/h2-3,6-7,9-10H,4-5H2,1H3. The minimum atomic E-state index is -0.801. The summed E-state index contributed by atoms with van der Waals surface area (Å²) in [7, 11) is 0. The first kappa shape index (κ1) is 10.9. The molecule has 1 aliphatic rings. The maximum Gasteiger partial charge on any atom is 0.159 e. The van der Waals surface area contributed by atoms with Gasteiger partial charge in [0.25, 0.3) is 0 Å². The SMILES string of the molecule is CC1CC1C(Cl)Cc1ccc(F)c(F)c1. The van der Waals surface area contributed by atoms with Crippen LogP contribution in [-0.2, 0) is 6.42 Å². The third kappa shape index (κ3) is 2.49. The number of hydrogen-bond donors (Lipinski definition) is 0. The zero-order chi connectivity index (χ0) is 11.0. The van der Waals surface area contributed by atoms with Gasteiger partial charge in [0.2, 0.25) is 0 Å². The van der Waals surface area contributed by atoms with Crippen molar-refractivity contribution in [1.29, 1.82) is 0 Å². The smallest absolute Gasteiger partial charge is 0.159 e. The highest BCUT2D eigenvalue weighted by molar-refractivity contribution is 6.21. The summed E-state index contributed by atoms with van der Waals surface area (Å²) < 4.78 is 25.6. The molecular formula is C12H13ClF2. The van der Waals surface area contributed by atoms with Crippen LogP contribution in [0.15, 0.2) is 18.2 Å². The number of halogens is 3. The van der Waals surface area contributed by atoms with E-state index < -0.39 is 11.6 Å². The Morgan fingerprint density at radius 1 is 1.40 bits per heavy atom. The second kappa shape index (κ2) is 4.09. The van der Waals surface area contributed by atoms with Crippen molar-refractivity contribution in [3.8, 4) is 0 Å². The fraction of sp³-hybridized carbons (Fsp3) is 0.500. The van der Waals surface area contributed by atoms with Crippen LogP contribution in [0, 0.1) is 23.5 Å². The van der Waals surface area contributed by atoms with Crippen molar-refractivity contribution in [2.24, 2.45) is 11.8 Å². The second-order valence-corrected chi connectivity index (χ2v) is 4.91. The number of alkyl halides is 1. The van der Waals surface area contributed by atoms with Crippen LogP contribution in [0.3, 0.4) is 0 Å². The molecule has 3 atom stereocenters. The van der Waals surface area contributed by atoms with Crippen LogP contribution >= 0.6 is 11.6 Å². The van der Waals surface area contributed by atoms with Gasteiger partial charge < -0.3 is 0 Å². The van der Waals surface area contributed by atoms with Crippen LogP contribution in [0.4, 0.5) is 8.78 Å². The Hall–Kier alpha value is -0.630. The molecule has 0 aliphatic heterocycles. The lowest BCUT2D eigenvalue weighted by atomic mass is 10.1. The average Bonchev–Trinajstić information content (AvgIpc) is 2.89. The highest BCUT2D eigenvalue weighted by atomic mass is 35.5. The Labute approximate surface area is 93.2 Å². The number of hydrogen-bond acceptors (Lipinski definition) is 0. The summed E-state index contributed by atoms with van der Waals surface area (Å²) in [5.74, 6) is -0.373. The molecule has 0 heterocycles. The van der Waals surface area contributed by atoms with Crippen molar-refractivity contribution in [1.82, 2.24) is 0 Å². The van der Waals surface area contributed by atoms with Crippen LogP contribution in [0.2, 0.25) is 0 Å². The van der Waals surface area contributed by atoms with Gasteiger partial charge in [-0.15, -0.1) is 11.6 Å². The van der Waals surface area contributed by atoms with Crippen molar-refractivity contribution < 1.29 is 8.78 Å². The summed E-state index contributed by atoms with van der Waals surface area (Å²) in [6, 6.07) is 3.99. The zero-order valence-corrected chi connectivity index (χ0v) is 9.27. The quantitative estimate of drug-likeness (QED) is 0.694. The van der Waals surface area contributed by atoms with Gasteiger partial charge >= 0.3 is 0 Å². The third-order valence-corrected chi connectivity index (χ3v) is 3.53. The Kier molecular flexibility index (Phi) is 2.96. The fourth-order valence-electron chi connectivity index (χ4n) is 1.90. The molecule has 1 saturated carbocycles. The molecule has 1 aromatic rings. The first-order valence-corrected chi connectivity index (χ1v) is 5.59. The molecule has 0 N–H and O–H groups in total. The molecule has 3 heteroatoms. The Morgan fingerprint density at radius 2 is 2.07 bits per heavy atom. The lowest BCUT2D eigenvalue weighted by molar-refractivity contribution is 0.506. The van der Waals surface area contributed by atoms with E-state index in [1.165, 1.54) is 6.07 Å². The highest BCUT2D eigenvalue weighted by Gasteiger charge is 2.38.